The topological polar surface area (TPSA) is 59.8 Å². The number of benzene rings is 2. The van der Waals surface area contributed by atoms with E-state index in [4.69, 9.17) is 5.10 Å². The first-order chi connectivity index (χ1) is 15.2. The standard InChI is InChI=1S/C25H24N4OS/c1-19-7-9-20(10-8-19)17-31-18-24(30)27-15-22-16-29(23-5-3-2-4-6-23)28-25(22)21-11-13-26-14-12-21/h2-14,16H,15,17-18H2,1H3,(H,27,30). The first-order valence-corrected chi connectivity index (χ1v) is 11.3. The van der Waals surface area contributed by atoms with Crippen molar-refractivity contribution in [1.82, 2.24) is 20.1 Å². The van der Waals surface area contributed by atoms with E-state index in [0.717, 1.165) is 28.3 Å². The summed E-state index contributed by atoms with van der Waals surface area (Å²) in [6, 6.07) is 22.2. The Morgan fingerprint density at radius 1 is 1.00 bits per heavy atom. The molecule has 1 amide bonds. The van der Waals surface area contributed by atoms with Crippen molar-refractivity contribution in [3.05, 3.63) is 102 Å². The fraction of sp³-hybridized carbons (Fsp3) is 0.160. The Hall–Kier alpha value is -3.38. The predicted molar refractivity (Wildman–Crippen MR) is 126 cm³/mol. The highest BCUT2D eigenvalue weighted by Crippen LogP contribution is 2.23. The van der Waals surface area contributed by atoms with Crippen LogP contribution in [0.25, 0.3) is 16.9 Å². The van der Waals surface area contributed by atoms with E-state index in [1.54, 1.807) is 24.2 Å². The van der Waals surface area contributed by atoms with Crippen molar-refractivity contribution in [3.8, 4) is 16.9 Å². The average molecular weight is 429 g/mol. The van der Waals surface area contributed by atoms with E-state index in [9.17, 15) is 4.79 Å². The summed E-state index contributed by atoms with van der Waals surface area (Å²) in [4.78, 5) is 16.5. The molecule has 2 aromatic carbocycles. The molecule has 4 rings (SSSR count). The number of nitrogens with zero attached hydrogens (tertiary/aromatic N) is 3. The van der Waals surface area contributed by atoms with Gasteiger partial charge in [0.05, 0.1) is 17.1 Å². The van der Waals surface area contributed by atoms with Crippen molar-refractivity contribution in [2.24, 2.45) is 0 Å². The molecule has 31 heavy (non-hydrogen) atoms. The van der Waals surface area contributed by atoms with E-state index in [1.807, 2.05) is 53.3 Å². The highest BCUT2D eigenvalue weighted by Gasteiger charge is 2.13. The molecule has 0 unspecified atom stereocenters. The minimum absolute atomic E-state index is 0.0188. The fourth-order valence-electron chi connectivity index (χ4n) is 3.20. The monoisotopic (exact) mass is 428 g/mol. The van der Waals surface area contributed by atoms with Crippen molar-refractivity contribution in [3.63, 3.8) is 0 Å². The van der Waals surface area contributed by atoms with Crippen LogP contribution >= 0.6 is 11.8 Å². The molecule has 0 aliphatic rings. The Balaban J connectivity index is 1.41. The number of para-hydroxylation sites is 1. The van der Waals surface area contributed by atoms with Gasteiger partial charge in [0.25, 0.3) is 0 Å². The number of rotatable bonds is 8. The van der Waals surface area contributed by atoms with Gasteiger partial charge in [-0.05, 0) is 36.8 Å². The zero-order valence-corrected chi connectivity index (χ0v) is 18.2. The van der Waals surface area contributed by atoms with Crippen molar-refractivity contribution >= 4 is 17.7 Å². The van der Waals surface area contributed by atoms with Crippen molar-refractivity contribution in [2.45, 2.75) is 19.2 Å². The fourth-order valence-corrected chi connectivity index (χ4v) is 4.01. The summed E-state index contributed by atoms with van der Waals surface area (Å²) in [6.45, 7) is 2.50. The summed E-state index contributed by atoms with van der Waals surface area (Å²) in [7, 11) is 0. The molecule has 0 bridgehead atoms. The van der Waals surface area contributed by atoms with Crippen molar-refractivity contribution in [1.29, 1.82) is 0 Å². The van der Waals surface area contributed by atoms with Crippen LogP contribution in [0.2, 0.25) is 0 Å². The van der Waals surface area contributed by atoms with Gasteiger partial charge in [0.1, 0.15) is 0 Å². The predicted octanol–water partition coefficient (Wildman–Crippen LogP) is 4.79. The number of aromatic nitrogens is 3. The Bertz CT molecular complexity index is 1130. The first kappa shape index (κ1) is 20.9. The maximum Gasteiger partial charge on any atom is 0.230 e. The van der Waals surface area contributed by atoms with Gasteiger partial charge in [-0.1, -0.05) is 48.0 Å². The van der Waals surface area contributed by atoms with Gasteiger partial charge in [-0.15, -0.1) is 11.8 Å². The van der Waals surface area contributed by atoms with E-state index in [2.05, 4.69) is 41.5 Å². The lowest BCUT2D eigenvalue weighted by Crippen LogP contribution is -2.24. The second kappa shape index (κ2) is 10.1. The maximum absolute atomic E-state index is 12.4. The number of nitrogens with one attached hydrogen (secondary N) is 1. The minimum Gasteiger partial charge on any atom is -0.351 e. The molecule has 2 aromatic heterocycles. The Morgan fingerprint density at radius 3 is 2.48 bits per heavy atom. The third-order valence-electron chi connectivity index (χ3n) is 4.86. The molecule has 0 atom stereocenters. The molecule has 6 heteroatoms. The summed E-state index contributed by atoms with van der Waals surface area (Å²) in [6.07, 6.45) is 5.48. The number of amides is 1. The summed E-state index contributed by atoms with van der Waals surface area (Å²) in [5, 5.41) is 7.81. The molecule has 4 aromatic rings. The van der Waals surface area contributed by atoms with E-state index < -0.39 is 0 Å². The van der Waals surface area contributed by atoms with Crippen LogP contribution in [0.5, 0.6) is 0 Å². The molecule has 2 heterocycles. The molecular formula is C25H24N4OS. The van der Waals surface area contributed by atoms with Gasteiger partial charge >= 0.3 is 0 Å². The maximum atomic E-state index is 12.4. The SMILES string of the molecule is Cc1ccc(CSCC(=O)NCc2cn(-c3ccccc3)nc2-c2ccncc2)cc1. The zero-order chi connectivity index (χ0) is 21.5. The van der Waals surface area contributed by atoms with Crippen LogP contribution in [0.3, 0.4) is 0 Å². The normalized spacial score (nSPS) is 10.7. The highest BCUT2D eigenvalue weighted by atomic mass is 32.2. The van der Waals surface area contributed by atoms with Crippen LogP contribution in [0.4, 0.5) is 0 Å². The quantitative estimate of drug-likeness (QED) is 0.438. The molecular weight excluding hydrogens is 404 g/mol. The number of carbonyl (C=O) groups is 1. The lowest BCUT2D eigenvalue weighted by Gasteiger charge is -2.06. The Labute approximate surface area is 186 Å². The number of aryl methyl sites for hydroxylation is 1. The molecule has 156 valence electrons. The summed E-state index contributed by atoms with van der Waals surface area (Å²) in [5.41, 5.74) is 6.23. The number of hydrogen-bond acceptors (Lipinski definition) is 4. The molecule has 0 spiro atoms. The Kier molecular flexibility index (Phi) is 6.79. The molecule has 1 N–H and O–H groups in total. The van der Waals surface area contributed by atoms with Crippen LogP contribution in [0.1, 0.15) is 16.7 Å². The van der Waals surface area contributed by atoms with Crippen molar-refractivity contribution in [2.75, 3.05) is 5.75 Å². The number of pyridine rings is 1. The van der Waals surface area contributed by atoms with Crippen LogP contribution in [-0.2, 0) is 17.1 Å². The third kappa shape index (κ3) is 5.61. The summed E-state index contributed by atoms with van der Waals surface area (Å²) >= 11 is 1.62. The molecule has 5 nitrogen and oxygen atoms in total. The third-order valence-corrected chi connectivity index (χ3v) is 5.87. The number of hydrogen-bond donors (Lipinski definition) is 1. The molecule has 0 aliphatic heterocycles. The van der Waals surface area contributed by atoms with E-state index in [0.29, 0.717) is 12.3 Å². The van der Waals surface area contributed by atoms with Gasteiger partial charge in [-0.2, -0.15) is 5.10 Å². The highest BCUT2D eigenvalue weighted by molar-refractivity contribution is 7.99. The minimum atomic E-state index is 0.0188. The van der Waals surface area contributed by atoms with Crippen LogP contribution < -0.4 is 5.32 Å². The smallest absolute Gasteiger partial charge is 0.230 e. The molecule has 0 saturated carbocycles. The van der Waals surface area contributed by atoms with Crippen molar-refractivity contribution < 1.29 is 4.79 Å². The van der Waals surface area contributed by atoms with Crippen LogP contribution in [-0.4, -0.2) is 26.4 Å². The molecule has 0 fully saturated rings. The lowest BCUT2D eigenvalue weighted by atomic mass is 10.1. The van der Waals surface area contributed by atoms with Gasteiger partial charge in [-0.25, -0.2) is 4.68 Å². The van der Waals surface area contributed by atoms with Gasteiger partial charge < -0.3 is 5.32 Å². The first-order valence-electron chi connectivity index (χ1n) is 10.1. The summed E-state index contributed by atoms with van der Waals surface area (Å²) < 4.78 is 1.85. The lowest BCUT2D eigenvalue weighted by molar-refractivity contribution is -0.118. The number of carbonyl (C=O) groups excluding carboxylic acids is 1. The zero-order valence-electron chi connectivity index (χ0n) is 17.4. The largest absolute Gasteiger partial charge is 0.351 e. The van der Waals surface area contributed by atoms with E-state index in [1.165, 1.54) is 11.1 Å². The summed E-state index contributed by atoms with van der Waals surface area (Å²) in [5.74, 6) is 1.26. The number of thioether (sulfide) groups is 1. The second-order valence-electron chi connectivity index (χ2n) is 7.27. The van der Waals surface area contributed by atoms with E-state index in [-0.39, 0.29) is 5.91 Å². The Morgan fingerprint density at radius 2 is 1.74 bits per heavy atom. The van der Waals surface area contributed by atoms with Gasteiger partial charge in [-0.3, -0.25) is 9.78 Å². The van der Waals surface area contributed by atoms with Gasteiger partial charge in [0.2, 0.25) is 5.91 Å². The van der Waals surface area contributed by atoms with E-state index >= 15 is 0 Å². The molecule has 0 saturated heterocycles. The second-order valence-corrected chi connectivity index (χ2v) is 8.26. The van der Waals surface area contributed by atoms with Gasteiger partial charge in [0, 0.05) is 42.0 Å². The van der Waals surface area contributed by atoms with Crippen LogP contribution in [0, 0.1) is 6.92 Å². The molecule has 0 aliphatic carbocycles. The molecule has 0 radical (unpaired) electrons. The van der Waals surface area contributed by atoms with Gasteiger partial charge in [0.15, 0.2) is 0 Å². The van der Waals surface area contributed by atoms with Crippen LogP contribution in [0.15, 0.2) is 85.3 Å². The average Bonchev–Trinajstić information content (AvgIpc) is 3.25.